The summed E-state index contributed by atoms with van der Waals surface area (Å²) in [7, 11) is 0. The molecule has 1 rings (SSSR count). The second-order valence-electron chi connectivity index (χ2n) is 3.52. The molecule has 0 bridgehead atoms. The van der Waals surface area contributed by atoms with E-state index in [0.29, 0.717) is 0 Å². The molecule has 0 aromatic heterocycles. The minimum absolute atomic E-state index is 0.0519. The number of thioether (sulfide) groups is 1. The fourth-order valence-corrected chi connectivity index (χ4v) is 2.35. The van der Waals surface area contributed by atoms with Crippen molar-refractivity contribution in [2.45, 2.75) is 31.7 Å². The predicted octanol–water partition coefficient (Wildman–Crippen LogP) is 0.591. The van der Waals surface area contributed by atoms with Crippen LogP contribution in [0.3, 0.4) is 0 Å². The molecule has 0 spiro atoms. The van der Waals surface area contributed by atoms with Crippen LogP contribution in [0.2, 0.25) is 0 Å². The minimum atomic E-state index is -0.298. The number of carbonyl (C=O) groups is 1. The third-order valence-electron chi connectivity index (χ3n) is 2.56. The number of nitrogens with two attached hydrogens (primary N) is 1. The van der Waals surface area contributed by atoms with E-state index in [-0.39, 0.29) is 23.1 Å². The molecule has 1 aliphatic heterocycles. The van der Waals surface area contributed by atoms with Crippen molar-refractivity contribution in [1.82, 2.24) is 5.32 Å². The van der Waals surface area contributed by atoms with Gasteiger partial charge in [0.05, 0.1) is 6.04 Å². The molecule has 3 nitrogen and oxygen atoms in total. The van der Waals surface area contributed by atoms with Gasteiger partial charge in [-0.25, -0.2) is 0 Å². The zero-order chi connectivity index (χ0) is 9.84. The number of hydrogen-bond acceptors (Lipinski definition) is 4. The Morgan fingerprint density at radius 1 is 1.77 bits per heavy atom. The molecule has 1 fully saturated rings. The highest BCUT2D eigenvalue weighted by Gasteiger charge is 2.29. The van der Waals surface area contributed by atoms with Gasteiger partial charge in [-0.2, -0.15) is 0 Å². The molecule has 3 unspecified atom stereocenters. The fraction of sp³-hybridized carbons (Fsp3) is 0.889. The number of carbonyl (C=O) groups excluding carboxylic acids is 1. The van der Waals surface area contributed by atoms with E-state index in [0.717, 1.165) is 18.7 Å². The molecule has 4 heteroatoms. The summed E-state index contributed by atoms with van der Waals surface area (Å²) >= 11 is 1.67. The van der Waals surface area contributed by atoms with Gasteiger partial charge in [0.25, 0.3) is 0 Å². The van der Waals surface area contributed by atoms with Gasteiger partial charge in [-0.1, -0.05) is 20.3 Å². The number of nitrogens with one attached hydrogen (secondary N) is 1. The van der Waals surface area contributed by atoms with E-state index in [4.69, 9.17) is 5.73 Å². The Kier molecular flexibility index (Phi) is 4.22. The van der Waals surface area contributed by atoms with Gasteiger partial charge in [0.2, 0.25) is 0 Å². The van der Waals surface area contributed by atoms with E-state index >= 15 is 0 Å². The zero-order valence-electron chi connectivity index (χ0n) is 8.25. The van der Waals surface area contributed by atoms with Crippen molar-refractivity contribution in [3.8, 4) is 0 Å². The molecule has 1 saturated heterocycles. The lowest BCUT2D eigenvalue weighted by Gasteiger charge is -2.19. The van der Waals surface area contributed by atoms with Crippen LogP contribution >= 0.6 is 11.8 Å². The van der Waals surface area contributed by atoms with Crippen molar-refractivity contribution in [3.05, 3.63) is 0 Å². The summed E-state index contributed by atoms with van der Waals surface area (Å²) in [5, 5.41) is 3.10. The normalized spacial score (nSPS) is 27.2. The van der Waals surface area contributed by atoms with Gasteiger partial charge in [0.15, 0.2) is 5.78 Å². The fourth-order valence-electron chi connectivity index (χ4n) is 1.32. The molecule has 0 amide bonds. The van der Waals surface area contributed by atoms with Crippen LogP contribution in [0.4, 0.5) is 0 Å². The SMILES string of the molecule is CCC(C)C(N)C(=O)C1NCCS1. The Morgan fingerprint density at radius 2 is 2.46 bits per heavy atom. The smallest absolute Gasteiger partial charge is 0.176 e. The molecule has 13 heavy (non-hydrogen) atoms. The molecule has 0 aromatic carbocycles. The Bertz CT molecular complexity index is 180. The first-order chi connectivity index (χ1) is 6.16. The summed E-state index contributed by atoms with van der Waals surface area (Å²) in [6.45, 7) is 5.02. The molecule has 3 N–H and O–H groups in total. The van der Waals surface area contributed by atoms with Gasteiger partial charge < -0.3 is 5.73 Å². The number of hydrogen-bond donors (Lipinski definition) is 2. The maximum atomic E-state index is 11.7. The zero-order valence-corrected chi connectivity index (χ0v) is 9.06. The van der Waals surface area contributed by atoms with Crippen molar-refractivity contribution in [2.24, 2.45) is 11.7 Å². The molecule has 1 aliphatic rings. The van der Waals surface area contributed by atoms with Crippen molar-refractivity contribution < 1.29 is 4.79 Å². The van der Waals surface area contributed by atoms with Crippen LogP contribution in [0.5, 0.6) is 0 Å². The minimum Gasteiger partial charge on any atom is -0.321 e. The first-order valence-corrected chi connectivity index (χ1v) is 5.86. The van der Waals surface area contributed by atoms with E-state index in [1.165, 1.54) is 0 Å². The van der Waals surface area contributed by atoms with Crippen molar-refractivity contribution in [1.29, 1.82) is 0 Å². The molecule has 1 heterocycles. The summed E-state index contributed by atoms with van der Waals surface area (Å²) in [6, 6.07) is -0.298. The molecule has 76 valence electrons. The first-order valence-electron chi connectivity index (χ1n) is 4.81. The third kappa shape index (κ3) is 2.69. The molecule has 0 radical (unpaired) electrons. The van der Waals surface area contributed by atoms with E-state index in [1.807, 2.05) is 6.92 Å². The van der Waals surface area contributed by atoms with Gasteiger partial charge in [0, 0.05) is 12.3 Å². The lowest BCUT2D eigenvalue weighted by atomic mass is 9.96. The van der Waals surface area contributed by atoms with Crippen LogP contribution in [0.15, 0.2) is 0 Å². The van der Waals surface area contributed by atoms with Crippen LogP contribution in [0.25, 0.3) is 0 Å². The van der Waals surface area contributed by atoms with E-state index in [1.54, 1.807) is 11.8 Å². The molecular weight excluding hydrogens is 184 g/mol. The van der Waals surface area contributed by atoms with Crippen molar-refractivity contribution >= 4 is 17.5 Å². The van der Waals surface area contributed by atoms with E-state index in [9.17, 15) is 4.79 Å². The highest BCUT2D eigenvalue weighted by molar-refractivity contribution is 8.00. The molecule has 0 saturated carbocycles. The van der Waals surface area contributed by atoms with Crippen molar-refractivity contribution in [3.63, 3.8) is 0 Å². The molecule has 0 aromatic rings. The summed E-state index contributed by atoms with van der Waals surface area (Å²) in [4.78, 5) is 11.7. The summed E-state index contributed by atoms with van der Waals surface area (Å²) in [5.74, 6) is 1.47. The Morgan fingerprint density at radius 3 is 2.92 bits per heavy atom. The monoisotopic (exact) mass is 202 g/mol. The van der Waals surface area contributed by atoms with Crippen LogP contribution in [-0.4, -0.2) is 29.5 Å². The average molecular weight is 202 g/mol. The van der Waals surface area contributed by atoms with Gasteiger partial charge >= 0.3 is 0 Å². The van der Waals surface area contributed by atoms with Gasteiger partial charge in [-0.3, -0.25) is 10.1 Å². The van der Waals surface area contributed by atoms with Crippen LogP contribution in [-0.2, 0) is 4.79 Å². The van der Waals surface area contributed by atoms with Gasteiger partial charge in [-0.05, 0) is 5.92 Å². The first kappa shape index (κ1) is 11.0. The van der Waals surface area contributed by atoms with Crippen LogP contribution in [0, 0.1) is 5.92 Å². The largest absolute Gasteiger partial charge is 0.321 e. The maximum absolute atomic E-state index is 11.7. The predicted molar refractivity (Wildman–Crippen MR) is 56.7 cm³/mol. The van der Waals surface area contributed by atoms with Crippen molar-refractivity contribution in [2.75, 3.05) is 12.3 Å². The highest BCUT2D eigenvalue weighted by Crippen LogP contribution is 2.18. The molecule has 0 aliphatic carbocycles. The number of Topliss-reactive ketones (excluding diaryl/α,β-unsaturated/α-hetero) is 1. The summed E-state index contributed by atoms with van der Waals surface area (Å²) in [6.07, 6.45) is 0.963. The quantitative estimate of drug-likeness (QED) is 0.700. The van der Waals surface area contributed by atoms with Crippen LogP contribution in [0.1, 0.15) is 20.3 Å². The highest BCUT2D eigenvalue weighted by atomic mass is 32.2. The third-order valence-corrected chi connectivity index (χ3v) is 3.73. The lowest BCUT2D eigenvalue weighted by Crippen LogP contribution is -2.45. The Labute approximate surface area is 83.8 Å². The summed E-state index contributed by atoms with van der Waals surface area (Å²) in [5.41, 5.74) is 5.85. The topological polar surface area (TPSA) is 55.1 Å². The standard InChI is InChI=1S/C9H18N2OS/c1-3-6(2)7(10)8(12)9-11-4-5-13-9/h6-7,9,11H,3-5,10H2,1-2H3. The molecular formula is C9H18N2OS. The van der Waals surface area contributed by atoms with Gasteiger partial charge in [0.1, 0.15) is 5.37 Å². The van der Waals surface area contributed by atoms with E-state index < -0.39 is 0 Å². The van der Waals surface area contributed by atoms with Crippen LogP contribution < -0.4 is 11.1 Å². The lowest BCUT2D eigenvalue weighted by molar-refractivity contribution is -0.121. The van der Waals surface area contributed by atoms with Gasteiger partial charge in [-0.15, -0.1) is 11.8 Å². The summed E-state index contributed by atoms with van der Waals surface area (Å²) < 4.78 is 0. The number of rotatable bonds is 4. The average Bonchev–Trinajstić information content (AvgIpc) is 2.67. The Hall–Kier alpha value is -0.0600. The second-order valence-corrected chi connectivity index (χ2v) is 4.73. The maximum Gasteiger partial charge on any atom is 0.176 e. The number of ketones is 1. The van der Waals surface area contributed by atoms with E-state index in [2.05, 4.69) is 12.2 Å². The second kappa shape index (κ2) is 4.98. The Balaban J connectivity index is 2.45. The molecule has 3 atom stereocenters.